The van der Waals surface area contributed by atoms with Crippen LogP contribution in [0.5, 0.6) is 0 Å². The van der Waals surface area contributed by atoms with Gasteiger partial charge in [0.25, 0.3) is 0 Å². The first-order valence-electron chi connectivity index (χ1n) is 7.94. The summed E-state index contributed by atoms with van der Waals surface area (Å²) >= 11 is 0. The molecule has 2 amide bonds. The summed E-state index contributed by atoms with van der Waals surface area (Å²) in [6, 6.07) is 8.41. The third kappa shape index (κ3) is 4.97. The number of piperidine rings is 1. The minimum Gasteiger partial charge on any atom is -0.349 e. The first-order chi connectivity index (χ1) is 11.3. The van der Waals surface area contributed by atoms with Crippen molar-refractivity contribution in [3.05, 3.63) is 35.9 Å². The van der Waals surface area contributed by atoms with E-state index >= 15 is 0 Å². The quantitative estimate of drug-likeness (QED) is 0.914. The Morgan fingerprint density at radius 2 is 1.96 bits per heavy atom. The van der Waals surface area contributed by atoms with Crippen molar-refractivity contribution in [3.8, 4) is 0 Å². The van der Waals surface area contributed by atoms with E-state index in [1.807, 2.05) is 6.07 Å². The van der Waals surface area contributed by atoms with Crippen molar-refractivity contribution in [2.45, 2.75) is 38.4 Å². The van der Waals surface area contributed by atoms with Gasteiger partial charge in [0.2, 0.25) is 11.8 Å². The summed E-state index contributed by atoms with van der Waals surface area (Å²) in [5, 5.41) is 2.70. The molecule has 1 aromatic carbocycles. The number of carbonyl (C=O) groups excluding carboxylic acids is 2. The number of nitrogens with zero attached hydrogens (tertiary/aromatic N) is 1. The van der Waals surface area contributed by atoms with Gasteiger partial charge < -0.3 is 10.2 Å². The predicted octanol–water partition coefficient (Wildman–Crippen LogP) is 3.05. The Balaban J connectivity index is 2.06. The van der Waals surface area contributed by atoms with E-state index in [9.17, 15) is 22.8 Å². The van der Waals surface area contributed by atoms with Crippen LogP contribution in [0.4, 0.5) is 13.2 Å². The van der Waals surface area contributed by atoms with Gasteiger partial charge in [0.15, 0.2) is 0 Å². The zero-order valence-electron chi connectivity index (χ0n) is 13.5. The zero-order chi connectivity index (χ0) is 17.7. The van der Waals surface area contributed by atoms with E-state index in [0.717, 1.165) is 5.56 Å². The fourth-order valence-electron chi connectivity index (χ4n) is 2.96. The van der Waals surface area contributed by atoms with E-state index in [-0.39, 0.29) is 31.2 Å². The average molecular weight is 342 g/mol. The molecule has 1 aromatic rings. The van der Waals surface area contributed by atoms with Crippen LogP contribution in [-0.2, 0) is 9.59 Å². The van der Waals surface area contributed by atoms with Gasteiger partial charge in [-0.3, -0.25) is 9.59 Å². The molecule has 0 bridgehead atoms. The molecule has 1 saturated heterocycles. The minimum atomic E-state index is -4.28. The summed E-state index contributed by atoms with van der Waals surface area (Å²) in [5.74, 6) is -2.12. The lowest BCUT2D eigenvalue weighted by Gasteiger charge is -2.34. The molecule has 2 atom stereocenters. The Bertz CT molecular complexity index is 575. The van der Waals surface area contributed by atoms with Gasteiger partial charge in [0, 0.05) is 20.0 Å². The van der Waals surface area contributed by atoms with Crippen molar-refractivity contribution in [2.75, 3.05) is 13.1 Å². The van der Waals surface area contributed by atoms with Gasteiger partial charge in [-0.15, -0.1) is 0 Å². The van der Waals surface area contributed by atoms with E-state index in [4.69, 9.17) is 0 Å². The van der Waals surface area contributed by atoms with Gasteiger partial charge >= 0.3 is 6.18 Å². The number of halogens is 3. The van der Waals surface area contributed by atoms with Crippen molar-refractivity contribution >= 4 is 11.8 Å². The first kappa shape index (κ1) is 18.3. The maximum Gasteiger partial charge on any atom is 0.393 e. The Morgan fingerprint density at radius 1 is 1.29 bits per heavy atom. The first-order valence-corrected chi connectivity index (χ1v) is 7.94. The topological polar surface area (TPSA) is 49.4 Å². The Kier molecular flexibility index (Phi) is 5.85. The average Bonchev–Trinajstić information content (AvgIpc) is 2.54. The fraction of sp³-hybridized carbons (Fsp3) is 0.529. The Morgan fingerprint density at radius 3 is 2.54 bits per heavy atom. The number of nitrogens with one attached hydrogen (secondary N) is 1. The van der Waals surface area contributed by atoms with Crippen LogP contribution < -0.4 is 5.32 Å². The molecule has 4 nitrogen and oxygen atoms in total. The predicted molar refractivity (Wildman–Crippen MR) is 83.0 cm³/mol. The molecule has 2 rings (SSSR count). The monoisotopic (exact) mass is 342 g/mol. The molecule has 7 heteroatoms. The third-order valence-corrected chi connectivity index (χ3v) is 4.20. The maximum absolute atomic E-state index is 12.9. The van der Waals surface area contributed by atoms with Gasteiger partial charge in [0.1, 0.15) is 0 Å². The van der Waals surface area contributed by atoms with Gasteiger partial charge in [-0.1, -0.05) is 30.3 Å². The van der Waals surface area contributed by atoms with Crippen LogP contribution in [0.3, 0.4) is 0 Å². The highest BCUT2D eigenvalue weighted by Gasteiger charge is 2.42. The summed E-state index contributed by atoms with van der Waals surface area (Å²) in [6.07, 6.45) is -3.93. The molecular weight excluding hydrogens is 321 g/mol. The molecule has 1 heterocycles. The molecule has 24 heavy (non-hydrogen) atoms. The molecule has 1 aliphatic rings. The number of hydrogen-bond donors (Lipinski definition) is 1. The van der Waals surface area contributed by atoms with Crippen molar-refractivity contribution in [2.24, 2.45) is 5.92 Å². The number of hydrogen-bond acceptors (Lipinski definition) is 2. The third-order valence-electron chi connectivity index (χ3n) is 4.20. The van der Waals surface area contributed by atoms with Crippen molar-refractivity contribution in [1.29, 1.82) is 0 Å². The molecule has 0 saturated carbocycles. The van der Waals surface area contributed by atoms with E-state index in [2.05, 4.69) is 5.32 Å². The van der Waals surface area contributed by atoms with Crippen LogP contribution in [0.2, 0.25) is 0 Å². The van der Waals surface area contributed by atoms with Crippen LogP contribution in [0.25, 0.3) is 0 Å². The van der Waals surface area contributed by atoms with Crippen molar-refractivity contribution in [1.82, 2.24) is 10.2 Å². The molecular formula is C17H21F3N2O2. The molecule has 0 radical (unpaired) electrons. The summed E-state index contributed by atoms with van der Waals surface area (Å²) < 4.78 is 38.6. The standard InChI is InChI=1S/C17H21F3N2O2/c1-12(23)21-15(13-6-3-2-4-7-13)10-16(24)22-9-5-8-14(11-22)17(18,19)20/h2-4,6-7,14-15H,5,8-11H2,1H3,(H,21,23)/t14-,15-/m1/s1. The largest absolute Gasteiger partial charge is 0.393 e. The molecule has 132 valence electrons. The van der Waals surface area contributed by atoms with Crippen LogP contribution in [0, 0.1) is 5.92 Å². The van der Waals surface area contributed by atoms with Crippen LogP contribution in [0.1, 0.15) is 37.8 Å². The number of likely N-dealkylation sites (tertiary alicyclic amines) is 1. The number of benzene rings is 1. The Hall–Kier alpha value is -2.05. The number of rotatable bonds is 4. The smallest absolute Gasteiger partial charge is 0.349 e. The van der Waals surface area contributed by atoms with Crippen molar-refractivity contribution in [3.63, 3.8) is 0 Å². The highest BCUT2D eigenvalue weighted by atomic mass is 19.4. The van der Waals surface area contributed by atoms with Crippen molar-refractivity contribution < 1.29 is 22.8 Å². The van der Waals surface area contributed by atoms with Gasteiger partial charge in [-0.25, -0.2) is 0 Å². The SMILES string of the molecule is CC(=O)N[C@H](CC(=O)N1CCC[C@@H](C(F)(F)F)C1)c1ccccc1. The maximum atomic E-state index is 12.9. The van der Waals surface area contributed by atoms with E-state index in [1.54, 1.807) is 24.3 Å². The lowest BCUT2D eigenvalue weighted by molar-refractivity contribution is -0.188. The molecule has 0 aromatic heterocycles. The second-order valence-electron chi connectivity index (χ2n) is 6.09. The highest BCUT2D eigenvalue weighted by Crippen LogP contribution is 2.33. The van der Waals surface area contributed by atoms with Crippen LogP contribution in [-0.4, -0.2) is 36.0 Å². The molecule has 0 unspecified atom stereocenters. The zero-order valence-corrected chi connectivity index (χ0v) is 13.5. The van der Waals surface area contributed by atoms with Crippen LogP contribution >= 0.6 is 0 Å². The lowest BCUT2D eigenvalue weighted by atomic mass is 9.96. The summed E-state index contributed by atoms with van der Waals surface area (Å²) in [4.78, 5) is 25.1. The molecule has 1 fully saturated rings. The van der Waals surface area contributed by atoms with Gasteiger partial charge in [-0.05, 0) is 18.4 Å². The lowest BCUT2D eigenvalue weighted by Crippen LogP contribution is -2.45. The van der Waals surface area contributed by atoms with E-state index < -0.39 is 18.1 Å². The second kappa shape index (κ2) is 7.68. The molecule has 1 aliphatic heterocycles. The summed E-state index contributed by atoms with van der Waals surface area (Å²) in [6.45, 7) is 1.37. The van der Waals surface area contributed by atoms with Crippen LogP contribution in [0.15, 0.2) is 30.3 Å². The van der Waals surface area contributed by atoms with Gasteiger partial charge in [-0.2, -0.15) is 13.2 Å². The summed E-state index contributed by atoms with van der Waals surface area (Å²) in [7, 11) is 0. The normalized spacial score (nSPS) is 19.7. The van der Waals surface area contributed by atoms with E-state index in [1.165, 1.54) is 11.8 Å². The molecule has 0 aliphatic carbocycles. The highest BCUT2D eigenvalue weighted by molar-refractivity contribution is 5.79. The number of carbonyl (C=O) groups is 2. The second-order valence-corrected chi connectivity index (χ2v) is 6.09. The fourth-order valence-corrected chi connectivity index (χ4v) is 2.96. The molecule has 1 N–H and O–H groups in total. The van der Waals surface area contributed by atoms with E-state index in [0.29, 0.717) is 13.0 Å². The minimum absolute atomic E-state index is 0.0474. The number of alkyl halides is 3. The van der Waals surface area contributed by atoms with Gasteiger partial charge in [0.05, 0.1) is 18.4 Å². The molecule has 0 spiro atoms. The summed E-state index contributed by atoms with van der Waals surface area (Å²) in [5.41, 5.74) is 0.755. The Labute approximate surface area is 139 Å². The number of amides is 2.